The summed E-state index contributed by atoms with van der Waals surface area (Å²) >= 11 is 0. The summed E-state index contributed by atoms with van der Waals surface area (Å²) in [5.74, 6) is 4.02. The second-order valence-corrected chi connectivity index (χ2v) is 5.78. The van der Waals surface area contributed by atoms with Crippen LogP contribution in [-0.4, -0.2) is 24.0 Å². The first-order valence-corrected chi connectivity index (χ1v) is 6.35. The van der Waals surface area contributed by atoms with Crippen molar-refractivity contribution in [3.05, 3.63) is 0 Å². The van der Waals surface area contributed by atoms with Crippen molar-refractivity contribution in [3.8, 4) is 0 Å². The lowest BCUT2D eigenvalue weighted by molar-refractivity contribution is -0.0137. The van der Waals surface area contributed by atoms with Crippen LogP contribution in [0, 0.1) is 23.7 Å². The van der Waals surface area contributed by atoms with E-state index in [9.17, 15) is 0 Å². The average Bonchev–Trinajstić information content (AvgIpc) is 2.36. The first-order valence-electron chi connectivity index (χ1n) is 6.35. The van der Waals surface area contributed by atoms with Crippen molar-refractivity contribution in [1.29, 1.82) is 0 Å². The highest BCUT2D eigenvalue weighted by atomic mass is 15.2. The molecule has 0 aromatic carbocycles. The molecule has 2 aliphatic rings. The molecular weight excluding hydrogens is 170 g/mol. The van der Waals surface area contributed by atoms with Gasteiger partial charge in [0.2, 0.25) is 0 Å². The van der Waals surface area contributed by atoms with E-state index in [1.807, 2.05) is 0 Å². The Bertz CT molecular complexity index is 199. The summed E-state index contributed by atoms with van der Waals surface area (Å²) < 4.78 is 0. The number of hydrogen-bond donors (Lipinski definition) is 0. The van der Waals surface area contributed by atoms with E-state index in [1.165, 1.54) is 25.9 Å². The fourth-order valence-electron chi connectivity index (χ4n) is 3.55. The summed E-state index contributed by atoms with van der Waals surface area (Å²) in [6.45, 7) is 12.3. The van der Waals surface area contributed by atoms with Gasteiger partial charge in [-0.3, -0.25) is 0 Å². The molecule has 14 heavy (non-hydrogen) atoms. The molecule has 3 unspecified atom stereocenters. The van der Waals surface area contributed by atoms with Crippen molar-refractivity contribution in [2.45, 2.75) is 46.6 Å². The molecular formula is C13H25N. The molecule has 1 aliphatic carbocycles. The molecule has 0 bridgehead atoms. The zero-order chi connectivity index (χ0) is 10.3. The molecule has 0 aromatic rings. The zero-order valence-electron chi connectivity index (χ0n) is 10.2. The van der Waals surface area contributed by atoms with Crippen molar-refractivity contribution < 1.29 is 0 Å². The lowest BCUT2D eigenvalue weighted by Gasteiger charge is -2.50. The lowest BCUT2D eigenvalue weighted by atomic mass is 9.57. The molecule has 1 saturated heterocycles. The number of likely N-dealkylation sites (tertiary alicyclic amines) is 1. The van der Waals surface area contributed by atoms with Gasteiger partial charge in [-0.2, -0.15) is 0 Å². The Hall–Kier alpha value is -0.0400. The standard InChI is InChI=1S/C13H25N/c1-9(2)14-7-5-6-12-10(3)11(4)13(12)8-14/h9-13H,5-8H2,1-4H3/t10?,11?,12-,13?/m1/s1. The molecule has 0 aromatic heterocycles. The van der Waals surface area contributed by atoms with E-state index < -0.39 is 0 Å². The summed E-state index contributed by atoms with van der Waals surface area (Å²) in [6, 6.07) is 0.747. The average molecular weight is 195 g/mol. The fraction of sp³-hybridized carbons (Fsp3) is 1.00. The van der Waals surface area contributed by atoms with Crippen LogP contribution in [0.25, 0.3) is 0 Å². The van der Waals surface area contributed by atoms with E-state index in [1.54, 1.807) is 0 Å². The maximum absolute atomic E-state index is 2.69. The molecule has 1 saturated carbocycles. The van der Waals surface area contributed by atoms with Crippen LogP contribution in [0.1, 0.15) is 40.5 Å². The minimum atomic E-state index is 0.747. The van der Waals surface area contributed by atoms with Gasteiger partial charge in [0.15, 0.2) is 0 Å². The highest BCUT2D eigenvalue weighted by Gasteiger charge is 2.46. The summed E-state index contributed by atoms with van der Waals surface area (Å²) in [5, 5.41) is 0. The van der Waals surface area contributed by atoms with E-state index in [0.29, 0.717) is 0 Å². The first-order chi connectivity index (χ1) is 6.61. The Labute approximate surface area is 88.9 Å². The van der Waals surface area contributed by atoms with Crippen LogP contribution < -0.4 is 0 Å². The van der Waals surface area contributed by atoms with Gasteiger partial charge in [0.05, 0.1) is 0 Å². The quantitative estimate of drug-likeness (QED) is 0.621. The monoisotopic (exact) mass is 195 g/mol. The number of fused-ring (bicyclic) bond motifs is 1. The Morgan fingerprint density at radius 3 is 2.36 bits per heavy atom. The molecule has 0 amide bonds. The largest absolute Gasteiger partial charge is 0.301 e. The topological polar surface area (TPSA) is 3.24 Å². The van der Waals surface area contributed by atoms with Gasteiger partial charge in [-0.1, -0.05) is 13.8 Å². The Balaban J connectivity index is 2.00. The second-order valence-electron chi connectivity index (χ2n) is 5.78. The highest BCUT2D eigenvalue weighted by molar-refractivity contribution is 4.95. The molecule has 0 N–H and O–H groups in total. The summed E-state index contributed by atoms with van der Waals surface area (Å²) in [7, 11) is 0. The van der Waals surface area contributed by atoms with Gasteiger partial charge in [0.25, 0.3) is 0 Å². The molecule has 1 nitrogen and oxygen atoms in total. The van der Waals surface area contributed by atoms with Crippen LogP contribution in [0.15, 0.2) is 0 Å². The van der Waals surface area contributed by atoms with Crippen LogP contribution in [0.3, 0.4) is 0 Å². The smallest absolute Gasteiger partial charge is 0.00387 e. The predicted octanol–water partition coefficient (Wildman–Crippen LogP) is 3.01. The Kier molecular flexibility index (Phi) is 2.88. The van der Waals surface area contributed by atoms with Crippen molar-refractivity contribution in [2.24, 2.45) is 23.7 Å². The van der Waals surface area contributed by atoms with Gasteiger partial charge in [0, 0.05) is 12.6 Å². The minimum Gasteiger partial charge on any atom is -0.301 e. The maximum Gasteiger partial charge on any atom is 0.00387 e. The molecule has 1 aliphatic heterocycles. The number of hydrogen-bond acceptors (Lipinski definition) is 1. The van der Waals surface area contributed by atoms with Gasteiger partial charge < -0.3 is 4.90 Å². The second kappa shape index (κ2) is 3.84. The molecule has 4 atom stereocenters. The van der Waals surface area contributed by atoms with Crippen molar-refractivity contribution >= 4 is 0 Å². The van der Waals surface area contributed by atoms with Gasteiger partial charge in [0.1, 0.15) is 0 Å². The van der Waals surface area contributed by atoms with Crippen LogP contribution in [0.2, 0.25) is 0 Å². The van der Waals surface area contributed by atoms with Crippen LogP contribution in [0.4, 0.5) is 0 Å². The van der Waals surface area contributed by atoms with E-state index in [0.717, 1.165) is 29.7 Å². The molecule has 2 rings (SSSR count). The van der Waals surface area contributed by atoms with Gasteiger partial charge in [-0.25, -0.2) is 0 Å². The Morgan fingerprint density at radius 2 is 1.71 bits per heavy atom. The first kappa shape index (κ1) is 10.5. The van der Waals surface area contributed by atoms with E-state index in [-0.39, 0.29) is 0 Å². The fourth-order valence-corrected chi connectivity index (χ4v) is 3.55. The van der Waals surface area contributed by atoms with Crippen LogP contribution in [-0.2, 0) is 0 Å². The third kappa shape index (κ3) is 1.60. The normalized spacial score (nSPS) is 44.4. The molecule has 82 valence electrons. The van der Waals surface area contributed by atoms with Gasteiger partial charge in [-0.05, 0) is 56.9 Å². The van der Waals surface area contributed by atoms with Crippen molar-refractivity contribution in [2.75, 3.05) is 13.1 Å². The van der Waals surface area contributed by atoms with Crippen molar-refractivity contribution in [3.63, 3.8) is 0 Å². The molecule has 0 spiro atoms. The van der Waals surface area contributed by atoms with Crippen LogP contribution in [0.5, 0.6) is 0 Å². The third-order valence-corrected chi connectivity index (χ3v) is 4.89. The van der Waals surface area contributed by atoms with E-state index in [2.05, 4.69) is 32.6 Å². The third-order valence-electron chi connectivity index (χ3n) is 4.89. The number of rotatable bonds is 1. The lowest BCUT2D eigenvalue weighted by Crippen LogP contribution is -2.48. The molecule has 2 fully saturated rings. The van der Waals surface area contributed by atoms with E-state index in [4.69, 9.17) is 0 Å². The summed E-state index contributed by atoms with van der Waals surface area (Å²) in [4.78, 5) is 2.69. The SMILES string of the molecule is CC1C(C)[C@H]2CCCN(C(C)C)CC12. The predicted molar refractivity (Wildman–Crippen MR) is 61.3 cm³/mol. The summed E-state index contributed by atoms with van der Waals surface area (Å²) in [5.41, 5.74) is 0. The van der Waals surface area contributed by atoms with Gasteiger partial charge >= 0.3 is 0 Å². The highest BCUT2D eigenvalue weighted by Crippen LogP contribution is 2.49. The van der Waals surface area contributed by atoms with Gasteiger partial charge in [-0.15, -0.1) is 0 Å². The van der Waals surface area contributed by atoms with E-state index >= 15 is 0 Å². The van der Waals surface area contributed by atoms with Crippen LogP contribution >= 0.6 is 0 Å². The Morgan fingerprint density at radius 1 is 1.07 bits per heavy atom. The maximum atomic E-state index is 2.69. The summed E-state index contributed by atoms with van der Waals surface area (Å²) in [6.07, 6.45) is 2.91. The molecule has 1 heteroatoms. The minimum absolute atomic E-state index is 0.747. The van der Waals surface area contributed by atoms with Crippen molar-refractivity contribution in [1.82, 2.24) is 4.90 Å². The number of nitrogens with zero attached hydrogens (tertiary/aromatic N) is 1. The molecule has 1 heterocycles. The molecule has 0 radical (unpaired) electrons. The zero-order valence-corrected chi connectivity index (χ0v) is 10.2.